The summed E-state index contributed by atoms with van der Waals surface area (Å²) in [5.41, 5.74) is 2.47. The first-order chi connectivity index (χ1) is 11.2. The first-order valence-electron chi connectivity index (χ1n) is 8.57. The molecule has 0 radical (unpaired) electrons. The Hall–Kier alpha value is -1.30. The number of likely N-dealkylation sites (tertiary alicyclic amines) is 1. The van der Waals surface area contributed by atoms with Gasteiger partial charge in [-0.2, -0.15) is 0 Å². The van der Waals surface area contributed by atoms with Gasteiger partial charge in [-0.25, -0.2) is 4.98 Å². The highest BCUT2D eigenvalue weighted by Gasteiger charge is 2.38. The van der Waals surface area contributed by atoms with Crippen LogP contribution in [0.15, 0.2) is 24.3 Å². The van der Waals surface area contributed by atoms with Crippen LogP contribution in [0.25, 0.3) is 11.0 Å². The lowest BCUT2D eigenvalue weighted by molar-refractivity contribution is -0.134. The van der Waals surface area contributed by atoms with Crippen LogP contribution in [0, 0.1) is 12.3 Å². The van der Waals surface area contributed by atoms with Gasteiger partial charge < -0.3 is 14.8 Å². The van der Waals surface area contributed by atoms with Crippen molar-refractivity contribution in [2.75, 3.05) is 26.2 Å². The summed E-state index contributed by atoms with van der Waals surface area (Å²) in [6, 6.07) is 8.03. The molecular weight excluding hydrogens is 359 g/mol. The molecule has 5 nitrogen and oxygen atoms in total. The number of carbonyl (C=O) groups excluding carboxylic acids is 1. The van der Waals surface area contributed by atoms with Gasteiger partial charge in [-0.15, -0.1) is 24.8 Å². The third-order valence-electron chi connectivity index (χ3n) is 5.65. The van der Waals surface area contributed by atoms with Gasteiger partial charge in [-0.05, 0) is 50.3 Å². The van der Waals surface area contributed by atoms with Crippen LogP contribution in [0.4, 0.5) is 0 Å². The first-order valence-corrected chi connectivity index (χ1v) is 8.57. The minimum atomic E-state index is 0. The first kappa shape index (κ1) is 20.0. The van der Waals surface area contributed by atoms with Crippen molar-refractivity contribution in [3.05, 3.63) is 30.1 Å². The summed E-state index contributed by atoms with van der Waals surface area (Å²) in [5, 5.41) is 3.47. The molecule has 1 N–H and O–H groups in total. The fourth-order valence-corrected chi connectivity index (χ4v) is 4.08. The second-order valence-electron chi connectivity index (χ2n) is 7.04. The number of para-hydroxylation sites is 2. The highest BCUT2D eigenvalue weighted by Crippen LogP contribution is 2.36. The molecule has 2 saturated heterocycles. The number of piperidine rings is 1. The van der Waals surface area contributed by atoms with Crippen LogP contribution in [0.3, 0.4) is 0 Å². The monoisotopic (exact) mass is 384 g/mol. The number of benzene rings is 1. The van der Waals surface area contributed by atoms with Crippen LogP contribution in [0.1, 0.15) is 25.1 Å². The highest BCUT2D eigenvalue weighted by molar-refractivity contribution is 5.85. The third kappa shape index (κ3) is 3.78. The number of amides is 1. The molecule has 0 bridgehead atoms. The SMILES string of the molecule is Cc1nc2ccccc2n1CC(=O)N1CCC2(CCNC2)CC1.Cl.Cl. The Morgan fingerprint density at radius 2 is 1.92 bits per heavy atom. The Bertz CT molecular complexity index is 730. The van der Waals surface area contributed by atoms with E-state index < -0.39 is 0 Å². The van der Waals surface area contributed by atoms with E-state index in [1.807, 2.05) is 40.7 Å². The van der Waals surface area contributed by atoms with Crippen LogP contribution in [0.5, 0.6) is 0 Å². The van der Waals surface area contributed by atoms with E-state index in [4.69, 9.17) is 0 Å². The van der Waals surface area contributed by atoms with E-state index in [0.717, 1.165) is 55.9 Å². The second kappa shape index (κ2) is 7.94. The van der Waals surface area contributed by atoms with E-state index in [9.17, 15) is 4.79 Å². The molecule has 1 amide bonds. The zero-order chi connectivity index (χ0) is 15.9. The number of fused-ring (bicyclic) bond motifs is 1. The van der Waals surface area contributed by atoms with E-state index in [1.165, 1.54) is 6.42 Å². The lowest BCUT2D eigenvalue weighted by Gasteiger charge is -2.39. The average molecular weight is 385 g/mol. The predicted octanol–water partition coefficient (Wildman–Crippen LogP) is 2.79. The largest absolute Gasteiger partial charge is 0.341 e. The van der Waals surface area contributed by atoms with Gasteiger partial charge in [0.05, 0.1) is 11.0 Å². The second-order valence-corrected chi connectivity index (χ2v) is 7.04. The smallest absolute Gasteiger partial charge is 0.242 e. The predicted molar refractivity (Wildman–Crippen MR) is 105 cm³/mol. The van der Waals surface area contributed by atoms with E-state index in [1.54, 1.807) is 0 Å². The van der Waals surface area contributed by atoms with Crippen molar-refractivity contribution in [3.63, 3.8) is 0 Å². The number of aromatic nitrogens is 2. The number of hydrogen-bond acceptors (Lipinski definition) is 3. The van der Waals surface area contributed by atoms with Crippen LogP contribution in [0.2, 0.25) is 0 Å². The summed E-state index contributed by atoms with van der Waals surface area (Å²) in [5.74, 6) is 1.13. The number of rotatable bonds is 2. The van der Waals surface area contributed by atoms with Gasteiger partial charge in [0.2, 0.25) is 5.91 Å². The van der Waals surface area contributed by atoms with Crippen LogP contribution in [-0.2, 0) is 11.3 Å². The van der Waals surface area contributed by atoms with Crippen molar-refractivity contribution < 1.29 is 4.79 Å². The number of imidazole rings is 1. The van der Waals surface area contributed by atoms with Gasteiger partial charge in [0.25, 0.3) is 0 Å². The highest BCUT2D eigenvalue weighted by atomic mass is 35.5. The van der Waals surface area contributed by atoms with Crippen LogP contribution in [-0.4, -0.2) is 46.5 Å². The minimum absolute atomic E-state index is 0. The number of carbonyl (C=O) groups is 1. The lowest BCUT2D eigenvalue weighted by atomic mass is 9.78. The fraction of sp³-hybridized carbons (Fsp3) is 0.556. The van der Waals surface area contributed by atoms with Gasteiger partial charge in [0.15, 0.2) is 0 Å². The summed E-state index contributed by atoms with van der Waals surface area (Å²) in [6.45, 7) is 6.42. The van der Waals surface area contributed by atoms with E-state index in [-0.39, 0.29) is 30.7 Å². The molecule has 25 heavy (non-hydrogen) atoms. The Balaban J connectivity index is 0.00000113. The summed E-state index contributed by atoms with van der Waals surface area (Å²) < 4.78 is 2.04. The molecule has 4 rings (SSSR count). The number of hydrogen-bond donors (Lipinski definition) is 1. The molecule has 0 saturated carbocycles. The van der Waals surface area contributed by atoms with Gasteiger partial charge in [-0.3, -0.25) is 4.79 Å². The molecule has 7 heteroatoms. The molecule has 2 fully saturated rings. The lowest BCUT2D eigenvalue weighted by Crippen LogP contribution is -2.45. The normalized spacial score (nSPS) is 18.8. The van der Waals surface area contributed by atoms with Gasteiger partial charge in [-0.1, -0.05) is 12.1 Å². The van der Waals surface area contributed by atoms with Gasteiger partial charge >= 0.3 is 0 Å². The van der Waals surface area contributed by atoms with Crippen molar-refractivity contribution in [2.24, 2.45) is 5.41 Å². The molecule has 1 aromatic heterocycles. The van der Waals surface area contributed by atoms with Crippen LogP contribution < -0.4 is 5.32 Å². The van der Waals surface area contributed by atoms with Crippen molar-refractivity contribution >= 4 is 41.8 Å². The zero-order valence-corrected chi connectivity index (χ0v) is 16.2. The number of halogens is 2. The average Bonchev–Trinajstić information content (AvgIpc) is 3.14. The van der Waals surface area contributed by atoms with Gasteiger partial charge in [0.1, 0.15) is 12.4 Å². The number of aryl methyl sites for hydroxylation is 1. The van der Waals surface area contributed by atoms with E-state index >= 15 is 0 Å². The maximum Gasteiger partial charge on any atom is 0.242 e. The summed E-state index contributed by atoms with van der Waals surface area (Å²) >= 11 is 0. The standard InChI is InChI=1S/C18H24N4O.2ClH/c1-14-20-15-4-2-3-5-16(15)22(14)12-17(23)21-10-7-18(8-11-21)6-9-19-13-18;;/h2-5,19H,6-13H2,1H3;2*1H. The van der Waals surface area contributed by atoms with Crippen molar-refractivity contribution in [1.29, 1.82) is 0 Å². The Labute approximate surface area is 161 Å². The van der Waals surface area contributed by atoms with E-state index in [0.29, 0.717) is 12.0 Å². The summed E-state index contributed by atoms with van der Waals surface area (Å²) in [6.07, 6.45) is 3.53. The molecule has 2 aliphatic rings. The Morgan fingerprint density at radius 3 is 2.60 bits per heavy atom. The van der Waals surface area contributed by atoms with Crippen molar-refractivity contribution in [2.45, 2.75) is 32.7 Å². The number of nitrogens with zero attached hydrogens (tertiary/aromatic N) is 3. The summed E-state index contributed by atoms with van der Waals surface area (Å²) in [7, 11) is 0. The number of nitrogens with one attached hydrogen (secondary N) is 1. The quantitative estimate of drug-likeness (QED) is 0.865. The molecule has 1 spiro atoms. The molecule has 0 atom stereocenters. The molecule has 2 aliphatic heterocycles. The van der Waals surface area contributed by atoms with Gasteiger partial charge in [0, 0.05) is 19.6 Å². The molecule has 3 heterocycles. The van der Waals surface area contributed by atoms with Crippen molar-refractivity contribution in [3.8, 4) is 0 Å². The molecule has 138 valence electrons. The topological polar surface area (TPSA) is 50.2 Å². The Kier molecular flexibility index (Phi) is 6.35. The molecule has 0 unspecified atom stereocenters. The third-order valence-corrected chi connectivity index (χ3v) is 5.65. The molecule has 1 aromatic carbocycles. The fourth-order valence-electron chi connectivity index (χ4n) is 4.08. The maximum atomic E-state index is 12.7. The molecule has 0 aliphatic carbocycles. The minimum Gasteiger partial charge on any atom is -0.341 e. The molecule has 2 aromatic rings. The summed E-state index contributed by atoms with van der Waals surface area (Å²) in [4.78, 5) is 19.3. The zero-order valence-electron chi connectivity index (χ0n) is 14.5. The van der Waals surface area contributed by atoms with Crippen molar-refractivity contribution in [1.82, 2.24) is 19.8 Å². The van der Waals surface area contributed by atoms with E-state index in [2.05, 4.69) is 10.3 Å². The Morgan fingerprint density at radius 1 is 1.20 bits per heavy atom. The molecular formula is C18H26Cl2N4O. The van der Waals surface area contributed by atoms with Crippen LogP contribution >= 0.6 is 24.8 Å². The maximum absolute atomic E-state index is 12.7.